The van der Waals surface area contributed by atoms with Crippen molar-refractivity contribution in [2.75, 3.05) is 0 Å². The summed E-state index contributed by atoms with van der Waals surface area (Å²) >= 11 is 1.50. The molecule has 14 heteroatoms. The molecule has 0 aliphatic carbocycles. The minimum Gasteiger partial charge on any atom is -0.426 e. The molecular weight excluding hydrogens is 502 g/mol. The first-order chi connectivity index (χ1) is 17.7. The Labute approximate surface area is 214 Å². The van der Waals surface area contributed by atoms with Crippen LogP contribution < -0.4 is 10.1 Å². The standard InChI is InChI=1S/C23H21N7O6S/c1-23(2)17(18-25-27-28-26-18)29-20(32)16(21(29)37-23)24-19(31)15(12-6-4-3-5-7-12)22(33)36-14-10-8-13(9-11-14)30(34)35/h3-11,15-17,21H,1-2H3,(H,24,31)(H,25,26,27,28)/t15?,16?,17?,21-/m0/s1. The number of β-lactam (4-membered cyclic amide) rings is 1. The number of rotatable bonds is 7. The average Bonchev–Trinajstić information content (AvgIpc) is 3.48. The summed E-state index contributed by atoms with van der Waals surface area (Å²) in [7, 11) is 0. The second-order valence-corrected chi connectivity index (χ2v) is 10.8. The number of nitro groups is 1. The number of non-ortho nitro benzene ring substituents is 1. The van der Waals surface area contributed by atoms with E-state index in [2.05, 4.69) is 25.9 Å². The number of hydrogen-bond acceptors (Lipinski definition) is 10. The fourth-order valence-electron chi connectivity index (χ4n) is 4.56. The van der Waals surface area contributed by atoms with Gasteiger partial charge in [-0.3, -0.25) is 24.5 Å². The highest BCUT2D eigenvalue weighted by Gasteiger charge is 2.63. The van der Waals surface area contributed by atoms with Gasteiger partial charge in [-0.05, 0) is 42.0 Å². The quantitative estimate of drug-likeness (QED) is 0.116. The van der Waals surface area contributed by atoms with Gasteiger partial charge in [-0.25, -0.2) is 5.10 Å². The van der Waals surface area contributed by atoms with Crippen LogP contribution in [0.1, 0.15) is 37.2 Å². The number of hydrogen-bond donors (Lipinski definition) is 2. The maximum absolute atomic E-state index is 13.4. The third-order valence-corrected chi connectivity index (χ3v) is 7.83. The highest BCUT2D eigenvalue weighted by atomic mass is 32.2. The zero-order valence-electron chi connectivity index (χ0n) is 19.6. The van der Waals surface area contributed by atoms with Crippen molar-refractivity contribution >= 4 is 35.2 Å². The minimum absolute atomic E-state index is 0.0480. The second-order valence-electron chi connectivity index (χ2n) is 9.05. The van der Waals surface area contributed by atoms with E-state index in [1.807, 2.05) is 13.8 Å². The number of fused-ring (bicyclic) bond motifs is 1. The Morgan fingerprint density at radius 3 is 2.51 bits per heavy atom. The molecule has 2 aliphatic heterocycles. The SMILES string of the molecule is CC1(C)S[C@H]2C(NC(=O)C(C(=O)Oc3ccc([N+](=O)[O-])cc3)c3ccccc3)C(=O)N2C1c1nnn[nH]1. The Hall–Kier alpha value is -4.33. The number of amides is 2. The van der Waals surface area contributed by atoms with Crippen molar-refractivity contribution < 1.29 is 24.0 Å². The molecule has 2 fully saturated rings. The van der Waals surface area contributed by atoms with Crippen molar-refractivity contribution in [2.45, 2.75) is 42.0 Å². The molecular formula is C23H21N7O6S. The maximum atomic E-state index is 13.4. The summed E-state index contributed by atoms with van der Waals surface area (Å²) < 4.78 is 4.95. The van der Waals surface area contributed by atoms with E-state index in [1.165, 1.54) is 36.0 Å². The molecule has 0 saturated carbocycles. The van der Waals surface area contributed by atoms with Crippen LogP contribution in [-0.4, -0.2) is 64.4 Å². The van der Waals surface area contributed by atoms with Crippen LogP contribution in [0.4, 0.5) is 5.69 Å². The Kier molecular flexibility index (Phi) is 6.11. The van der Waals surface area contributed by atoms with E-state index in [0.29, 0.717) is 11.4 Å². The Bertz CT molecular complexity index is 1350. The van der Waals surface area contributed by atoms with Crippen LogP contribution in [0.5, 0.6) is 5.75 Å². The number of thioether (sulfide) groups is 1. The van der Waals surface area contributed by atoms with Gasteiger partial charge in [0.05, 0.1) is 4.92 Å². The van der Waals surface area contributed by atoms with Crippen LogP contribution in [0.25, 0.3) is 0 Å². The summed E-state index contributed by atoms with van der Waals surface area (Å²) in [6.07, 6.45) is 0. The first-order valence-corrected chi connectivity index (χ1v) is 12.1. The lowest BCUT2D eigenvalue weighted by atomic mass is 9.94. The zero-order chi connectivity index (χ0) is 26.3. The zero-order valence-corrected chi connectivity index (χ0v) is 20.4. The topological polar surface area (TPSA) is 173 Å². The van der Waals surface area contributed by atoms with Crippen molar-refractivity contribution in [3.63, 3.8) is 0 Å². The molecule has 190 valence electrons. The van der Waals surface area contributed by atoms with E-state index in [0.717, 1.165) is 0 Å². The number of esters is 1. The third-order valence-electron chi connectivity index (χ3n) is 6.26. The van der Waals surface area contributed by atoms with Crippen LogP contribution in [0, 0.1) is 10.1 Å². The molecule has 3 aromatic rings. The fourth-order valence-corrected chi connectivity index (χ4v) is 6.20. The number of benzene rings is 2. The second kappa shape index (κ2) is 9.28. The van der Waals surface area contributed by atoms with E-state index in [1.54, 1.807) is 35.2 Å². The van der Waals surface area contributed by atoms with Crippen molar-refractivity contribution in [3.05, 3.63) is 76.1 Å². The molecule has 2 aromatic carbocycles. The lowest BCUT2D eigenvalue weighted by Crippen LogP contribution is -2.68. The van der Waals surface area contributed by atoms with Gasteiger partial charge in [0.25, 0.3) is 5.69 Å². The van der Waals surface area contributed by atoms with Crippen molar-refractivity contribution in [1.82, 2.24) is 30.8 Å². The number of carbonyl (C=O) groups is 3. The van der Waals surface area contributed by atoms with Gasteiger partial charge >= 0.3 is 5.97 Å². The number of aromatic amines is 1. The van der Waals surface area contributed by atoms with E-state index in [4.69, 9.17) is 4.74 Å². The Balaban J connectivity index is 1.35. The molecule has 0 spiro atoms. The molecule has 2 N–H and O–H groups in total. The highest BCUT2D eigenvalue weighted by Crippen LogP contribution is 2.56. The summed E-state index contributed by atoms with van der Waals surface area (Å²) in [5.74, 6) is -2.76. The number of nitro benzene ring substituents is 1. The highest BCUT2D eigenvalue weighted by molar-refractivity contribution is 8.01. The molecule has 4 atom stereocenters. The van der Waals surface area contributed by atoms with Gasteiger partial charge in [0.1, 0.15) is 23.2 Å². The number of tetrazole rings is 1. The normalized spacial score (nSPS) is 22.5. The molecule has 5 rings (SSSR count). The smallest absolute Gasteiger partial charge is 0.328 e. The first kappa shape index (κ1) is 24.4. The first-order valence-electron chi connectivity index (χ1n) is 11.2. The summed E-state index contributed by atoms with van der Waals surface area (Å²) in [5.41, 5.74) is 0.210. The molecule has 2 saturated heterocycles. The number of ether oxygens (including phenoxy) is 1. The third kappa shape index (κ3) is 4.39. The molecule has 37 heavy (non-hydrogen) atoms. The monoisotopic (exact) mass is 523 g/mol. The van der Waals surface area contributed by atoms with Gasteiger partial charge < -0.3 is 15.0 Å². The summed E-state index contributed by atoms with van der Waals surface area (Å²) in [6.45, 7) is 3.92. The summed E-state index contributed by atoms with van der Waals surface area (Å²) in [6, 6.07) is 12.0. The summed E-state index contributed by atoms with van der Waals surface area (Å²) in [4.78, 5) is 51.6. The van der Waals surface area contributed by atoms with Gasteiger partial charge in [0.15, 0.2) is 11.7 Å². The van der Waals surface area contributed by atoms with E-state index >= 15 is 0 Å². The van der Waals surface area contributed by atoms with Gasteiger partial charge in [0, 0.05) is 16.9 Å². The predicted octanol–water partition coefficient (Wildman–Crippen LogP) is 1.72. The maximum Gasteiger partial charge on any atom is 0.328 e. The molecule has 0 radical (unpaired) electrons. The lowest BCUT2D eigenvalue weighted by Gasteiger charge is -2.44. The number of nitrogens with one attached hydrogen (secondary N) is 2. The van der Waals surface area contributed by atoms with Crippen LogP contribution >= 0.6 is 11.8 Å². The van der Waals surface area contributed by atoms with Gasteiger partial charge in [-0.2, -0.15) is 0 Å². The van der Waals surface area contributed by atoms with Gasteiger partial charge in [0.2, 0.25) is 11.8 Å². The fraction of sp³-hybridized carbons (Fsp3) is 0.304. The van der Waals surface area contributed by atoms with E-state index < -0.39 is 39.5 Å². The van der Waals surface area contributed by atoms with Gasteiger partial charge in [-0.1, -0.05) is 30.3 Å². The average molecular weight is 524 g/mol. The largest absolute Gasteiger partial charge is 0.426 e. The van der Waals surface area contributed by atoms with Crippen molar-refractivity contribution in [3.8, 4) is 5.75 Å². The molecule has 0 bridgehead atoms. The molecule has 2 amide bonds. The Morgan fingerprint density at radius 1 is 1.19 bits per heavy atom. The Morgan fingerprint density at radius 2 is 1.89 bits per heavy atom. The number of H-pyrrole nitrogens is 1. The number of nitrogens with zero attached hydrogens (tertiary/aromatic N) is 5. The molecule has 3 heterocycles. The summed E-state index contributed by atoms with van der Waals surface area (Å²) in [5, 5.41) is 27.1. The van der Waals surface area contributed by atoms with Crippen LogP contribution in [-0.2, 0) is 14.4 Å². The van der Waals surface area contributed by atoms with Crippen LogP contribution in [0.15, 0.2) is 54.6 Å². The minimum atomic E-state index is -1.37. The van der Waals surface area contributed by atoms with Crippen molar-refractivity contribution in [2.24, 2.45) is 0 Å². The molecule has 2 aliphatic rings. The van der Waals surface area contributed by atoms with Crippen molar-refractivity contribution in [1.29, 1.82) is 0 Å². The lowest BCUT2D eigenvalue weighted by molar-refractivity contribution is -0.384. The number of aromatic nitrogens is 4. The molecule has 1 aromatic heterocycles. The van der Waals surface area contributed by atoms with Crippen LogP contribution in [0.3, 0.4) is 0 Å². The van der Waals surface area contributed by atoms with Gasteiger partial charge in [-0.15, -0.1) is 16.9 Å². The number of carbonyl (C=O) groups excluding carboxylic acids is 3. The van der Waals surface area contributed by atoms with E-state index in [9.17, 15) is 24.5 Å². The predicted molar refractivity (Wildman–Crippen MR) is 129 cm³/mol. The van der Waals surface area contributed by atoms with Crippen LogP contribution in [0.2, 0.25) is 0 Å². The molecule has 3 unspecified atom stereocenters. The molecule has 13 nitrogen and oxygen atoms in total. The van der Waals surface area contributed by atoms with E-state index in [-0.39, 0.29) is 22.7 Å².